The van der Waals surface area contributed by atoms with Crippen LogP contribution in [0.2, 0.25) is 0 Å². The summed E-state index contributed by atoms with van der Waals surface area (Å²) in [6.07, 6.45) is 0.878. The summed E-state index contributed by atoms with van der Waals surface area (Å²) in [7, 11) is 0. The molecule has 6 nitrogen and oxygen atoms in total. The van der Waals surface area contributed by atoms with Crippen LogP contribution in [0.3, 0.4) is 0 Å². The molecule has 0 bridgehead atoms. The van der Waals surface area contributed by atoms with Crippen molar-refractivity contribution in [3.8, 4) is 5.75 Å². The van der Waals surface area contributed by atoms with Gasteiger partial charge in [-0.2, -0.15) is 0 Å². The SMILES string of the molecule is CCC(C)NC(=O)CN1CCN(C(=O)COc2ccc(F)cc2F)CC1. The minimum Gasteiger partial charge on any atom is -0.481 e. The first-order valence-corrected chi connectivity index (χ1v) is 8.76. The Morgan fingerprint density at radius 2 is 1.92 bits per heavy atom. The molecule has 1 aliphatic rings. The largest absolute Gasteiger partial charge is 0.481 e. The van der Waals surface area contributed by atoms with E-state index in [1.54, 1.807) is 4.90 Å². The maximum Gasteiger partial charge on any atom is 0.260 e. The van der Waals surface area contributed by atoms with Crippen LogP contribution in [0.4, 0.5) is 8.78 Å². The lowest BCUT2D eigenvalue weighted by Crippen LogP contribution is -2.52. The number of halogens is 2. The summed E-state index contributed by atoms with van der Waals surface area (Å²) in [4.78, 5) is 27.7. The molecule has 1 unspecified atom stereocenters. The number of hydrogen-bond acceptors (Lipinski definition) is 4. The number of amides is 2. The van der Waals surface area contributed by atoms with Crippen molar-refractivity contribution in [3.05, 3.63) is 29.8 Å². The maximum atomic E-state index is 13.5. The summed E-state index contributed by atoms with van der Waals surface area (Å²) < 4.78 is 31.5. The van der Waals surface area contributed by atoms with E-state index in [2.05, 4.69) is 5.32 Å². The number of nitrogens with zero attached hydrogens (tertiary/aromatic N) is 2. The van der Waals surface area contributed by atoms with Crippen molar-refractivity contribution in [1.29, 1.82) is 0 Å². The van der Waals surface area contributed by atoms with E-state index in [-0.39, 0.29) is 30.2 Å². The molecule has 144 valence electrons. The van der Waals surface area contributed by atoms with Gasteiger partial charge in [0, 0.05) is 38.3 Å². The zero-order valence-corrected chi connectivity index (χ0v) is 15.1. The molecule has 2 rings (SSSR count). The highest BCUT2D eigenvalue weighted by atomic mass is 19.1. The van der Waals surface area contributed by atoms with Crippen LogP contribution in [0.1, 0.15) is 20.3 Å². The minimum absolute atomic E-state index is 0.0192. The first-order chi connectivity index (χ1) is 12.4. The van der Waals surface area contributed by atoms with Crippen LogP contribution in [-0.2, 0) is 9.59 Å². The average molecular weight is 369 g/mol. The van der Waals surface area contributed by atoms with Crippen LogP contribution in [0.5, 0.6) is 5.75 Å². The van der Waals surface area contributed by atoms with Crippen molar-refractivity contribution in [2.45, 2.75) is 26.3 Å². The second-order valence-electron chi connectivity index (χ2n) is 6.40. The predicted octanol–water partition coefficient (Wildman–Crippen LogP) is 1.40. The topological polar surface area (TPSA) is 61.9 Å². The molecule has 1 fully saturated rings. The Balaban J connectivity index is 1.73. The zero-order valence-electron chi connectivity index (χ0n) is 15.1. The van der Waals surface area contributed by atoms with E-state index in [0.29, 0.717) is 38.8 Å². The summed E-state index contributed by atoms with van der Waals surface area (Å²) in [6.45, 7) is 6.10. The van der Waals surface area contributed by atoms with Gasteiger partial charge in [-0.1, -0.05) is 6.92 Å². The third kappa shape index (κ3) is 5.94. The van der Waals surface area contributed by atoms with Crippen LogP contribution in [0, 0.1) is 11.6 Å². The molecule has 1 aromatic carbocycles. The van der Waals surface area contributed by atoms with Crippen molar-refractivity contribution in [2.75, 3.05) is 39.3 Å². The fourth-order valence-corrected chi connectivity index (χ4v) is 2.60. The van der Waals surface area contributed by atoms with Crippen LogP contribution < -0.4 is 10.1 Å². The molecule has 0 saturated carbocycles. The predicted molar refractivity (Wildman–Crippen MR) is 92.8 cm³/mol. The number of nitrogens with one attached hydrogen (secondary N) is 1. The Morgan fingerprint density at radius 1 is 1.23 bits per heavy atom. The lowest BCUT2D eigenvalue weighted by Gasteiger charge is -2.34. The van der Waals surface area contributed by atoms with Gasteiger partial charge < -0.3 is 15.0 Å². The Kier molecular flexibility index (Phi) is 7.32. The molecule has 8 heteroatoms. The number of hydrogen-bond donors (Lipinski definition) is 1. The van der Waals surface area contributed by atoms with Gasteiger partial charge in [0.05, 0.1) is 6.54 Å². The average Bonchev–Trinajstić information content (AvgIpc) is 2.61. The van der Waals surface area contributed by atoms with Gasteiger partial charge in [-0.25, -0.2) is 8.78 Å². The number of carbonyl (C=O) groups is 2. The lowest BCUT2D eigenvalue weighted by molar-refractivity contribution is -0.135. The number of carbonyl (C=O) groups excluding carboxylic acids is 2. The summed E-state index contributed by atoms with van der Waals surface area (Å²) in [5, 5.41) is 2.92. The van der Waals surface area contributed by atoms with Gasteiger partial charge in [0.25, 0.3) is 5.91 Å². The standard InChI is InChI=1S/C18H25F2N3O3/c1-3-13(2)21-17(24)11-22-6-8-23(9-7-22)18(25)12-26-16-5-4-14(19)10-15(16)20/h4-5,10,13H,3,6-9,11-12H2,1-2H3,(H,21,24). The highest BCUT2D eigenvalue weighted by Crippen LogP contribution is 2.17. The number of piperazine rings is 1. The summed E-state index contributed by atoms with van der Waals surface area (Å²) in [5.74, 6) is -1.98. The quantitative estimate of drug-likeness (QED) is 0.789. The fourth-order valence-electron chi connectivity index (χ4n) is 2.60. The van der Waals surface area contributed by atoms with Crippen molar-refractivity contribution in [3.63, 3.8) is 0 Å². The van der Waals surface area contributed by atoms with Gasteiger partial charge in [-0.3, -0.25) is 14.5 Å². The number of rotatable bonds is 7. The van der Waals surface area contributed by atoms with E-state index in [4.69, 9.17) is 4.74 Å². The van der Waals surface area contributed by atoms with Gasteiger partial charge >= 0.3 is 0 Å². The van der Waals surface area contributed by atoms with E-state index in [0.717, 1.165) is 18.6 Å². The van der Waals surface area contributed by atoms with Crippen LogP contribution in [0.25, 0.3) is 0 Å². The molecule has 1 aromatic rings. The molecule has 1 atom stereocenters. The first-order valence-electron chi connectivity index (χ1n) is 8.76. The lowest BCUT2D eigenvalue weighted by atomic mass is 10.2. The Bertz CT molecular complexity index is 634. The molecule has 1 saturated heterocycles. The molecule has 0 aliphatic carbocycles. The Morgan fingerprint density at radius 3 is 2.54 bits per heavy atom. The Labute approximate surface area is 152 Å². The van der Waals surface area contributed by atoms with E-state index >= 15 is 0 Å². The van der Waals surface area contributed by atoms with Gasteiger partial charge in [0.1, 0.15) is 5.82 Å². The van der Waals surface area contributed by atoms with Gasteiger partial charge in [-0.15, -0.1) is 0 Å². The molecule has 0 aromatic heterocycles. The summed E-state index contributed by atoms with van der Waals surface area (Å²) in [6, 6.07) is 3.09. The van der Waals surface area contributed by atoms with Crippen molar-refractivity contribution >= 4 is 11.8 Å². The normalized spacial score (nSPS) is 16.2. The van der Waals surface area contributed by atoms with Crippen molar-refractivity contribution in [1.82, 2.24) is 15.1 Å². The minimum atomic E-state index is -0.838. The second-order valence-corrected chi connectivity index (χ2v) is 6.40. The highest BCUT2D eigenvalue weighted by Gasteiger charge is 2.23. The fraction of sp³-hybridized carbons (Fsp3) is 0.556. The van der Waals surface area contributed by atoms with Crippen LogP contribution in [-0.4, -0.2) is 67.0 Å². The monoisotopic (exact) mass is 369 g/mol. The maximum absolute atomic E-state index is 13.5. The van der Waals surface area contributed by atoms with E-state index in [1.165, 1.54) is 0 Å². The molecule has 1 heterocycles. The summed E-state index contributed by atoms with van der Waals surface area (Å²) >= 11 is 0. The van der Waals surface area contributed by atoms with Crippen molar-refractivity contribution in [2.24, 2.45) is 0 Å². The van der Waals surface area contributed by atoms with Crippen LogP contribution >= 0.6 is 0 Å². The Hall–Kier alpha value is -2.22. The number of ether oxygens (including phenoxy) is 1. The molecular formula is C18H25F2N3O3. The molecule has 1 aliphatic heterocycles. The van der Waals surface area contributed by atoms with E-state index in [9.17, 15) is 18.4 Å². The highest BCUT2D eigenvalue weighted by molar-refractivity contribution is 5.79. The van der Waals surface area contributed by atoms with Crippen molar-refractivity contribution < 1.29 is 23.1 Å². The van der Waals surface area contributed by atoms with Gasteiger partial charge in [0.2, 0.25) is 5.91 Å². The molecule has 26 heavy (non-hydrogen) atoms. The van der Waals surface area contributed by atoms with Crippen LogP contribution in [0.15, 0.2) is 18.2 Å². The first kappa shape index (κ1) is 20.1. The molecule has 2 amide bonds. The third-order valence-corrected chi connectivity index (χ3v) is 4.36. The third-order valence-electron chi connectivity index (χ3n) is 4.36. The molecular weight excluding hydrogens is 344 g/mol. The smallest absolute Gasteiger partial charge is 0.260 e. The molecule has 0 radical (unpaired) electrons. The van der Waals surface area contributed by atoms with Gasteiger partial charge in [0.15, 0.2) is 18.2 Å². The molecule has 1 N–H and O–H groups in total. The zero-order chi connectivity index (χ0) is 19.1. The van der Waals surface area contributed by atoms with E-state index in [1.807, 2.05) is 18.7 Å². The summed E-state index contributed by atoms with van der Waals surface area (Å²) in [5.41, 5.74) is 0. The van der Waals surface area contributed by atoms with Gasteiger partial charge in [-0.05, 0) is 25.5 Å². The molecule has 0 spiro atoms. The number of benzene rings is 1. The second kappa shape index (κ2) is 9.47. The van der Waals surface area contributed by atoms with E-state index < -0.39 is 11.6 Å².